The molecule has 1 saturated carbocycles. The maximum absolute atomic E-state index is 12.7. The van der Waals surface area contributed by atoms with Crippen LogP contribution in [0.25, 0.3) is 0 Å². The summed E-state index contributed by atoms with van der Waals surface area (Å²) in [6.45, 7) is 11.2. The van der Waals surface area contributed by atoms with Crippen molar-refractivity contribution in [1.29, 1.82) is 0 Å². The number of carbonyl (C=O) groups excluding carboxylic acids is 1. The van der Waals surface area contributed by atoms with Crippen LogP contribution in [0, 0.1) is 0 Å². The first kappa shape index (κ1) is 16.8. The molecule has 1 saturated heterocycles. The second-order valence-corrected chi connectivity index (χ2v) is 7.30. The number of nitrogens with one attached hydrogen (secondary N) is 1. The fourth-order valence-corrected chi connectivity index (χ4v) is 3.57. The molecule has 1 N–H and O–H groups in total. The molecule has 0 bridgehead atoms. The minimum atomic E-state index is 0.284. The largest absolute Gasteiger partial charge is 0.337 e. The number of rotatable bonds is 7. The van der Waals surface area contributed by atoms with E-state index < -0.39 is 0 Å². The van der Waals surface area contributed by atoms with Gasteiger partial charge in [-0.2, -0.15) is 0 Å². The Bertz CT molecular complexity index is 325. The first-order valence-electron chi connectivity index (χ1n) is 8.77. The molecule has 2 rings (SSSR count). The molecule has 1 unspecified atom stereocenters. The van der Waals surface area contributed by atoms with Crippen molar-refractivity contribution in [3.63, 3.8) is 0 Å². The standard InChI is InChI=1S/C17H33N3O/c1-13(2)20(14(3)4)17(21)12-19(16-8-9-16)11-15-7-5-6-10-18-15/h13-16,18H,5-12H2,1-4H3. The molecule has 0 aromatic heterocycles. The van der Waals surface area contributed by atoms with Crippen molar-refractivity contribution in [3.05, 3.63) is 0 Å². The molecule has 1 heterocycles. The van der Waals surface area contributed by atoms with Crippen LogP contribution in [0.2, 0.25) is 0 Å². The van der Waals surface area contributed by atoms with Gasteiger partial charge < -0.3 is 10.2 Å². The monoisotopic (exact) mass is 295 g/mol. The third kappa shape index (κ3) is 4.96. The molecule has 0 aromatic carbocycles. The summed E-state index contributed by atoms with van der Waals surface area (Å²) in [5, 5.41) is 3.61. The molecule has 122 valence electrons. The van der Waals surface area contributed by atoms with Crippen LogP contribution in [0.1, 0.15) is 59.8 Å². The van der Waals surface area contributed by atoms with Crippen LogP contribution in [0.5, 0.6) is 0 Å². The highest BCUT2D eigenvalue weighted by Gasteiger charge is 2.33. The lowest BCUT2D eigenvalue weighted by Crippen LogP contribution is -2.51. The van der Waals surface area contributed by atoms with Gasteiger partial charge in [0, 0.05) is 30.7 Å². The molecule has 2 aliphatic rings. The number of amides is 1. The molecule has 1 aliphatic heterocycles. The van der Waals surface area contributed by atoms with Crippen molar-refractivity contribution >= 4 is 5.91 Å². The van der Waals surface area contributed by atoms with Crippen LogP contribution in [0.4, 0.5) is 0 Å². The van der Waals surface area contributed by atoms with Crippen LogP contribution in [-0.2, 0) is 4.79 Å². The molecule has 0 spiro atoms. The van der Waals surface area contributed by atoms with E-state index in [1.165, 1.54) is 32.1 Å². The van der Waals surface area contributed by atoms with E-state index >= 15 is 0 Å². The summed E-state index contributed by atoms with van der Waals surface area (Å²) in [5.74, 6) is 0.294. The zero-order chi connectivity index (χ0) is 15.4. The van der Waals surface area contributed by atoms with Crippen LogP contribution in [0.3, 0.4) is 0 Å². The SMILES string of the molecule is CC(C)N(C(=O)CN(CC1CCCCN1)C1CC1)C(C)C. The van der Waals surface area contributed by atoms with Gasteiger partial charge in [-0.1, -0.05) is 6.42 Å². The molecule has 1 amide bonds. The van der Waals surface area contributed by atoms with E-state index in [1.54, 1.807) is 0 Å². The van der Waals surface area contributed by atoms with Gasteiger partial charge >= 0.3 is 0 Å². The van der Waals surface area contributed by atoms with Gasteiger partial charge in [0.1, 0.15) is 0 Å². The van der Waals surface area contributed by atoms with Crippen molar-refractivity contribution in [3.8, 4) is 0 Å². The zero-order valence-corrected chi connectivity index (χ0v) is 14.3. The molecule has 4 nitrogen and oxygen atoms in total. The number of carbonyl (C=O) groups is 1. The molecule has 2 fully saturated rings. The highest BCUT2D eigenvalue weighted by molar-refractivity contribution is 5.79. The predicted octanol–water partition coefficient (Wildman–Crippen LogP) is 2.24. The van der Waals surface area contributed by atoms with Gasteiger partial charge in [0.15, 0.2) is 0 Å². The van der Waals surface area contributed by atoms with Crippen molar-refractivity contribution in [2.45, 2.75) is 84.0 Å². The summed E-state index contributed by atoms with van der Waals surface area (Å²) in [7, 11) is 0. The Morgan fingerprint density at radius 1 is 1.10 bits per heavy atom. The molecule has 1 atom stereocenters. The third-order valence-corrected chi connectivity index (χ3v) is 4.67. The first-order valence-corrected chi connectivity index (χ1v) is 8.77. The van der Waals surface area contributed by atoms with E-state index in [1.807, 2.05) is 4.90 Å². The van der Waals surface area contributed by atoms with Crippen LogP contribution >= 0.6 is 0 Å². The fraction of sp³-hybridized carbons (Fsp3) is 0.941. The number of piperidine rings is 1. The number of nitrogens with zero attached hydrogens (tertiary/aromatic N) is 2. The Labute approximate surface area is 130 Å². The summed E-state index contributed by atoms with van der Waals surface area (Å²) in [5.41, 5.74) is 0. The lowest BCUT2D eigenvalue weighted by molar-refractivity contribution is -0.136. The van der Waals surface area contributed by atoms with Gasteiger partial charge in [-0.05, 0) is 59.9 Å². The van der Waals surface area contributed by atoms with Gasteiger partial charge in [0.25, 0.3) is 0 Å². The van der Waals surface area contributed by atoms with E-state index in [-0.39, 0.29) is 12.1 Å². The summed E-state index contributed by atoms with van der Waals surface area (Å²) in [6, 6.07) is 1.80. The minimum Gasteiger partial charge on any atom is -0.337 e. The molecule has 21 heavy (non-hydrogen) atoms. The quantitative estimate of drug-likeness (QED) is 0.782. The normalized spacial score (nSPS) is 23.1. The molecule has 0 radical (unpaired) electrons. The van der Waals surface area contributed by atoms with Gasteiger partial charge in [-0.3, -0.25) is 9.69 Å². The van der Waals surface area contributed by atoms with Crippen LogP contribution in [0.15, 0.2) is 0 Å². The first-order chi connectivity index (χ1) is 9.99. The summed E-state index contributed by atoms with van der Waals surface area (Å²) < 4.78 is 0. The average Bonchev–Trinajstić information content (AvgIpc) is 3.22. The highest BCUT2D eigenvalue weighted by atomic mass is 16.2. The van der Waals surface area contributed by atoms with Crippen molar-refractivity contribution in [1.82, 2.24) is 15.1 Å². The minimum absolute atomic E-state index is 0.284. The van der Waals surface area contributed by atoms with E-state index in [2.05, 4.69) is 37.9 Å². The van der Waals surface area contributed by atoms with E-state index in [0.29, 0.717) is 24.5 Å². The lowest BCUT2D eigenvalue weighted by atomic mass is 10.0. The summed E-state index contributed by atoms with van der Waals surface area (Å²) in [6.07, 6.45) is 6.42. The Morgan fingerprint density at radius 2 is 1.76 bits per heavy atom. The van der Waals surface area contributed by atoms with Crippen molar-refractivity contribution < 1.29 is 4.79 Å². The van der Waals surface area contributed by atoms with Gasteiger partial charge in [-0.15, -0.1) is 0 Å². The Hall–Kier alpha value is -0.610. The van der Waals surface area contributed by atoms with Crippen molar-refractivity contribution in [2.24, 2.45) is 0 Å². The summed E-state index contributed by atoms with van der Waals surface area (Å²) >= 11 is 0. The highest BCUT2D eigenvalue weighted by Crippen LogP contribution is 2.27. The van der Waals surface area contributed by atoms with E-state index in [0.717, 1.165) is 13.1 Å². The molecule has 0 aromatic rings. The molecular formula is C17H33N3O. The number of hydrogen-bond acceptors (Lipinski definition) is 3. The molecule has 4 heteroatoms. The topological polar surface area (TPSA) is 35.6 Å². The maximum atomic E-state index is 12.7. The zero-order valence-electron chi connectivity index (χ0n) is 14.3. The lowest BCUT2D eigenvalue weighted by Gasteiger charge is -2.35. The van der Waals surface area contributed by atoms with Crippen LogP contribution in [-0.4, -0.2) is 59.5 Å². The van der Waals surface area contributed by atoms with Gasteiger partial charge in [-0.25, -0.2) is 0 Å². The smallest absolute Gasteiger partial charge is 0.237 e. The van der Waals surface area contributed by atoms with E-state index in [9.17, 15) is 4.79 Å². The Kier molecular flexibility index (Phi) is 6.06. The van der Waals surface area contributed by atoms with Gasteiger partial charge in [0.2, 0.25) is 5.91 Å². The Morgan fingerprint density at radius 3 is 2.24 bits per heavy atom. The molecule has 1 aliphatic carbocycles. The second kappa shape index (κ2) is 7.59. The van der Waals surface area contributed by atoms with Crippen LogP contribution < -0.4 is 5.32 Å². The molecular weight excluding hydrogens is 262 g/mol. The third-order valence-electron chi connectivity index (χ3n) is 4.67. The van der Waals surface area contributed by atoms with E-state index in [4.69, 9.17) is 0 Å². The fourth-order valence-electron chi connectivity index (χ4n) is 3.57. The Balaban J connectivity index is 1.90. The predicted molar refractivity (Wildman–Crippen MR) is 87.4 cm³/mol. The van der Waals surface area contributed by atoms with Gasteiger partial charge in [0.05, 0.1) is 6.54 Å². The maximum Gasteiger partial charge on any atom is 0.237 e. The number of hydrogen-bond donors (Lipinski definition) is 1. The second-order valence-electron chi connectivity index (χ2n) is 7.30. The summed E-state index contributed by atoms with van der Waals surface area (Å²) in [4.78, 5) is 17.1. The van der Waals surface area contributed by atoms with Crippen molar-refractivity contribution in [2.75, 3.05) is 19.6 Å². The average molecular weight is 295 g/mol.